The summed E-state index contributed by atoms with van der Waals surface area (Å²) in [5.74, 6) is -1.02. The molecule has 2 aromatic rings. The van der Waals surface area contributed by atoms with Crippen LogP contribution in [0.4, 0.5) is 8.78 Å². The van der Waals surface area contributed by atoms with Crippen LogP contribution in [0.5, 0.6) is 0 Å². The van der Waals surface area contributed by atoms with Crippen molar-refractivity contribution in [3.8, 4) is 11.1 Å². The van der Waals surface area contributed by atoms with Gasteiger partial charge in [0.25, 0.3) is 0 Å². The van der Waals surface area contributed by atoms with Crippen LogP contribution < -0.4 is 5.32 Å². The molecule has 1 aliphatic carbocycles. The second-order valence-corrected chi connectivity index (χ2v) is 5.43. The van der Waals surface area contributed by atoms with Crippen molar-refractivity contribution in [1.29, 1.82) is 0 Å². The maximum Gasteiger partial charge on any atom is 0.133 e. The molecule has 0 heterocycles. The molecule has 1 aliphatic rings. The molecule has 1 N–H and O–H groups in total. The maximum atomic E-state index is 13.8. The average molecular weight is 273 g/mol. The van der Waals surface area contributed by atoms with E-state index in [0.29, 0.717) is 17.2 Å². The standard InChI is InChI=1S/C17H17F2N/c1-11-8-15(17(19)9-16(11)18)13-4-2-12(3-5-13)10-20-14-6-7-14/h2-5,8-9,14,20H,6-7,10H2,1H3. The van der Waals surface area contributed by atoms with Crippen LogP contribution in [0.1, 0.15) is 24.0 Å². The molecule has 0 unspecified atom stereocenters. The van der Waals surface area contributed by atoms with Crippen LogP contribution in [0.25, 0.3) is 11.1 Å². The first-order valence-electron chi connectivity index (χ1n) is 6.92. The van der Waals surface area contributed by atoms with E-state index in [-0.39, 0.29) is 0 Å². The van der Waals surface area contributed by atoms with Crippen molar-refractivity contribution in [3.63, 3.8) is 0 Å². The molecular formula is C17H17F2N. The summed E-state index contributed by atoms with van der Waals surface area (Å²) in [6, 6.07) is 10.9. The Morgan fingerprint density at radius 2 is 1.75 bits per heavy atom. The van der Waals surface area contributed by atoms with Crippen molar-refractivity contribution < 1.29 is 8.78 Å². The topological polar surface area (TPSA) is 12.0 Å². The Labute approximate surface area is 117 Å². The third-order valence-corrected chi connectivity index (χ3v) is 3.69. The van der Waals surface area contributed by atoms with Crippen LogP contribution in [0.2, 0.25) is 0 Å². The van der Waals surface area contributed by atoms with Crippen molar-refractivity contribution in [1.82, 2.24) is 5.32 Å². The number of rotatable bonds is 4. The van der Waals surface area contributed by atoms with Gasteiger partial charge in [0.1, 0.15) is 11.6 Å². The molecular weight excluding hydrogens is 256 g/mol. The molecule has 0 bridgehead atoms. The normalized spacial score (nSPS) is 14.6. The van der Waals surface area contributed by atoms with E-state index in [2.05, 4.69) is 5.32 Å². The fourth-order valence-corrected chi connectivity index (χ4v) is 2.23. The molecule has 20 heavy (non-hydrogen) atoms. The van der Waals surface area contributed by atoms with Gasteiger partial charge in [-0.15, -0.1) is 0 Å². The second kappa shape index (κ2) is 5.33. The summed E-state index contributed by atoms with van der Waals surface area (Å²) in [7, 11) is 0. The summed E-state index contributed by atoms with van der Waals surface area (Å²) in [5.41, 5.74) is 2.87. The first kappa shape index (κ1) is 13.3. The van der Waals surface area contributed by atoms with Gasteiger partial charge in [-0.3, -0.25) is 0 Å². The van der Waals surface area contributed by atoms with Crippen LogP contribution >= 0.6 is 0 Å². The zero-order valence-corrected chi connectivity index (χ0v) is 11.4. The number of nitrogens with one attached hydrogen (secondary N) is 1. The summed E-state index contributed by atoms with van der Waals surface area (Å²) in [4.78, 5) is 0. The van der Waals surface area contributed by atoms with Crippen LogP contribution in [-0.4, -0.2) is 6.04 Å². The van der Waals surface area contributed by atoms with Crippen molar-refractivity contribution in [2.75, 3.05) is 0 Å². The van der Waals surface area contributed by atoms with E-state index in [0.717, 1.165) is 18.2 Å². The van der Waals surface area contributed by atoms with Crippen molar-refractivity contribution >= 4 is 0 Å². The van der Waals surface area contributed by atoms with Crippen molar-refractivity contribution in [3.05, 3.63) is 59.2 Å². The Balaban J connectivity index is 1.81. The number of benzene rings is 2. The lowest BCUT2D eigenvalue weighted by Crippen LogP contribution is -2.15. The van der Waals surface area contributed by atoms with Gasteiger partial charge >= 0.3 is 0 Å². The molecule has 0 amide bonds. The summed E-state index contributed by atoms with van der Waals surface area (Å²) < 4.78 is 27.1. The molecule has 0 aliphatic heterocycles. The Bertz CT molecular complexity index is 616. The Morgan fingerprint density at radius 1 is 1.05 bits per heavy atom. The highest BCUT2D eigenvalue weighted by atomic mass is 19.1. The van der Waals surface area contributed by atoms with E-state index in [1.54, 1.807) is 13.0 Å². The molecule has 0 spiro atoms. The fourth-order valence-electron chi connectivity index (χ4n) is 2.23. The van der Waals surface area contributed by atoms with Gasteiger partial charge < -0.3 is 5.32 Å². The summed E-state index contributed by atoms with van der Waals surface area (Å²) in [6.45, 7) is 2.49. The third kappa shape index (κ3) is 2.88. The van der Waals surface area contributed by atoms with Gasteiger partial charge in [0.2, 0.25) is 0 Å². The van der Waals surface area contributed by atoms with Gasteiger partial charge in [-0.25, -0.2) is 8.78 Å². The minimum Gasteiger partial charge on any atom is -0.310 e. The van der Waals surface area contributed by atoms with Crippen LogP contribution in [0.3, 0.4) is 0 Å². The lowest BCUT2D eigenvalue weighted by atomic mass is 10.0. The van der Waals surface area contributed by atoms with E-state index in [9.17, 15) is 8.78 Å². The molecule has 1 saturated carbocycles. The highest BCUT2D eigenvalue weighted by molar-refractivity contribution is 5.65. The predicted octanol–water partition coefficient (Wildman–Crippen LogP) is 4.19. The van der Waals surface area contributed by atoms with Gasteiger partial charge in [0.15, 0.2) is 0 Å². The highest BCUT2D eigenvalue weighted by Gasteiger charge is 2.19. The Hall–Kier alpha value is -1.74. The smallest absolute Gasteiger partial charge is 0.133 e. The first-order valence-corrected chi connectivity index (χ1v) is 6.92. The van der Waals surface area contributed by atoms with Gasteiger partial charge in [-0.05, 0) is 42.5 Å². The summed E-state index contributed by atoms with van der Waals surface area (Å²) >= 11 is 0. The third-order valence-electron chi connectivity index (χ3n) is 3.69. The Morgan fingerprint density at radius 3 is 2.40 bits per heavy atom. The van der Waals surface area contributed by atoms with Gasteiger partial charge in [-0.1, -0.05) is 24.3 Å². The summed E-state index contributed by atoms with van der Waals surface area (Å²) in [6.07, 6.45) is 2.52. The molecule has 1 fully saturated rings. The molecule has 104 valence electrons. The van der Waals surface area contributed by atoms with Crippen molar-refractivity contribution in [2.24, 2.45) is 0 Å². The molecule has 3 rings (SSSR count). The molecule has 1 nitrogen and oxygen atoms in total. The minimum atomic E-state index is -0.517. The molecule has 0 radical (unpaired) electrons. The molecule has 0 saturated heterocycles. The van der Waals surface area contributed by atoms with Gasteiger partial charge in [-0.2, -0.15) is 0 Å². The van der Waals surface area contributed by atoms with Gasteiger partial charge in [0, 0.05) is 24.2 Å². The van der Waals surface area contributed by atoms with Crippen LogP contribution in [0, 0.1) is 18.6 Å². The molecule has 0 atom stereocenters. The Kier molecular flexibility index (Phi) is 3.53. The molecule has 3 heteroatoms. The monoisotopic (exact) mass is 273 g/mol. The predicted molar refractivity (Wildman–Crippen MR) is 76.4 cm³/mol. The molecule has 2 aromatic carbocycles. The number of aryl methyl sites for hydroxylation is 1. The quantitative estimate of drug-likeness (QED) is 0.880. The number of hydrogen-bond donors (Lipinski definition) is 1. The van der Waals surface area contributed by atoms with E-state index in [4.69, 9.17) is 0 Å². The lowest BCUT2D eigenvalue weighted by molar-refractivity contribution is 0.579. The number of halogens is 2. The van der Waals surface area contributed by atoms with Gasteiger partial charge in [0.05, 0.1) is 0 Å². The van der Waals surface area contributed by atoms with Crippen LogP contribution in [-0.2, 0) is 6.54 Å². The van der Waals surface area contributed by atoms with Crippen LogP contribution in [0.15, 0.2) is 36.4 Å². The van der Waals surface area contributed by atoms with E-state index in [1.807, 2.05) is 24.3 Å². The maximum absolute atomic E-state index is 13.8. The summed E-state index contributed by atoms with van der Waals surface area (Å²) in [5, 5.41) is 3.44. The average Bonchev–Trinajstić information content (AvgIpc) is 3.25. The first-order chi connectivity index (χ1) is 9.63. The number of hydrogen-bond acceptors (Lipinski definition) is 1. The van der Waals surface area contributed by atoms with E-state index >= 15 is 0 Å². The van der Waals surface area contributed by atoms with Crippen molar-refractivity contribution in [2.45, 2.75) is 32.4 Å². The van der Waals surface area contributed by atoms with E-state index in [1.165, 1.54) is 18.4 Å². The molecule has 0 aromatic heterocycles. The fraction of sp³-hybridized carbons (Fsp3) is 0.294. The highest BCUT2D eigenvalue weighted by Crippen LogP contribution is 2.26. The lowest BCUT2D eigenvalue weighted by Gasteiger charge is -2.08. The second-order valence-electron chi connectivity index (χ2n) is 5.43. The zero-order valence-electron chi connectivity index (χ0n) is 11.4. The van der Waals surface area contributed by atoms with E-state index < -0.39 is 11.6 Å². The SMILES string of the molecule is Cc1cc(-c2ccc(CNC3CC3)cc2)c(F)cc1F. The largest absolute Gasteiger partial charge is 0.310 e. The minimum absolute atomic E-state index is 0.450. The zero-order chi connectivity index (χ0) is 14.1.